The first kappa shape index (κ1) is 14.4. The molecule has 1 aromatic rings. The van der Waals surface area contributed by atoms with Crippen LogP contribution in [-0.4, -0.2) is 35.2 Å². The first-order valence-corrected chi connectivity index (χ1v) is 6.57. The smallest absolute Gasteiger partial charge is 0.326 e. The van der Waals surface area contributed by atoms with E-state index in [1.165, 1.54) is 0 Å². The zero-order valence-electron chi connectivity index (χ0n) is 11.9. The molecule has 20 heavy (non-hydrogen) atoms. The average Bonchev–Trinajstić information content (AvgIpc) is 2.66. The van der Waals surface area contributed by atoms with Crippen LogP contribution in [-0.2, 0) is 20.7 Å². The molecular formula is C15H19NO4. The van der Waals surface area contributed by atoms with Crippen LogP contribution in [0.25, 0.3) is 0 Å². The lowest BCUT2D eigenvalue weighted by Crippen LogP contribution is -2.43. The van der Waals surface area contributed by atoms with Crippen molar-refractivity contribution in [2.75, 3.05) is 11.4 Å². The van der Waals surface area contributed by atoms with Gasteiger partial charge in [0.2, 0.25) is 0 Å². The molecule has 0 aliphatic carbocycles. The number of fused-ring (bicyclic) bond motifs is 1. The van der Waals surface area contributed by atoms with Gasteiger partial charge in [-0.2, -0.15) is 0 Å². The molecule has 0 spiro atoms. The Morgan fingerprint density at radius 2 is 2.00 bits per heavy atom. The maximum Gasteiger partial charge on any atom is 0.326 e. The summed E-state index contributed by atoms with van der Waals surface area (Å²) in [7, 11) is 0. The van der Waals surface area contributed by atoms with Gasteiger partial charge in [0.05, 0.1) is 0 Å². The SMILES string of the molecule is CC(C)(C)OC(=O)CN1c2ccccc2CC1C(=O)O. The number of rotatable bonds is 3. The molecule has 0 bridgehead atoms. The third-order valence-electron chi connectivity index (χ3n) is 3.10. The number of carboxylic acid groups (broad SMARTS) is 1. The van der Waals surface area contributed by atoms with E-state index in [1.54, 1.807) is 25.7 Å². The fraction of sp³-hybridized carbons (Fsp3) is 0.467. The van der Waals surface area contributed by atoms with Gasteiger partial charge in [-0.1, -0.05) is 18.2 Å². The van der Waals surface area contributed by atoms with Gasteiger partial charge in [-0.05, 0) is 32.4 Å². The molecule has 1 unspecified atom stereocenters. The predicted molar refractivity (Wildman–Crippen MR) is 74.8 cm³/mol. The summed E-state index contributed by atoms with van der Waals surface area (Å²) in [5.74, 6) is -1.34. The predicted octanol–water partition coefficient (Wildman–Crippen LogP) is 1.84. The van der Waals surface area contributed by atoms with E-state index in [0.29, 0.717) is 6.42 Å². The van der Waals surface area contributed by atoms with Crippen LogP contribution in [0.3, 0.4) is 0 Å². The Kier molecular flexibility index (Phi) is 3.70. The molecule has 0 amide bonds. The van der Waals surface area contributed by atoms with Crippen molar-refractivity contribution in [3.63, 3.8) is 0 Å². The molecule has 1 N–H and O–H groups in total. The highest BCUT2D eigenvalue weighted by molar-refractivity contribution is 5.86. The second-order valence-electron chi connectivity index (χ2n) is 5.90. The molecule has 0 saturated carbocycles. The summed E-state index contributed by atoms with van der Waals surface area (Å²) in [6.45, 7) is 5.32. The van der Waals surface area contributed by atoms with Gasteiger partial charge >= 0.3 is 11.9 Å². The van der Waals surface area contributed by atoms with E-state index in [-0.39, 0.29) is 6.54 Å². The van der Waals surface area contributed by atoms with E-state index in [2.05, 4.69) is 0 Å². The summed E-state index contributed by atoms with van der Waals surface area (Å²) in [6.07, 6.45) is 0.411. The largest absolute Gasteiger partial charge is 0.480 e. The molecule has 108 valence electrons. The van der Waals surface area contributed by atoms with Crippen molar-refractivity contribution in [1.82, 2.24) is 0 Å². The minimum atomic E-state index is -0.926. The van der Waals surface area contributed by atoms with Crippen LogP contribution >= 0.6 is 0 Å². The summed E-state index contributed by atoms with van der Waals surface area (Å²) in [6, 6.07) is 6.73. The molecule has 1 heterocycles. The van der Waals surface area contributed by atoms with Crippen LogP contribution in [0.2, 0.25) is 0 Å². The molecule has 1 aromatic carbocycles. The Balaban J connectivity index is 2.19. The Morgan fingerprint density at radius 1 is 1.35 bits per heavy atom. The molecule has 2 rings (SSSR count). The summed E-state index contributed by atoms with van der Waals surface area (Å²) in [5, 5.41) is 9.31. The zero-order valence-corrected chi connectivity index (χ0v) is 11.9. The quantitative estimate of drug-likeness (QED) is 0.854. The Labute approximate surface area is 118 Å². The van der Waals surface area contributed by atoms with E-state index < -0.39 is 23.6 Å². The normalized spacial score (nSPS) is 17.8. The molecule has 1 aliphatic heterocycles. The third kappa shape index (κ3) is 3.10. The lowest BCUT2D eigenvalue weighted by atomic mass is 10.1. The molecule has 0 aromatic heterocycles. The van der Waals surface area contributed by atoms with E-state index in [1.807, 2.05) is 24.3 Å². The number of para-hydroxylation sites is 1. The van der Waals surface area contributed by atoms with Gasteiger partial charge in [0.1, 0.15) is 18.2 Å². The van der Waals surface area contributed by atoms with Gasteiger partial charge in [0.15, 0.2) is 0 Å². The second kappa shape index (κ2) is 5.15. The van der Waals surface area contributed by atoms with E-state index >= 15 is 0 Å². The first-order chi connectivity index (χ1) is 9.28. The fourth-order valence-corrected chi connectivity index (χ4v) is 2.38. The number of anilines is 1. The summed E-state index contributed by atoms with van der Waals surface area (Å²) in [5.41, 5.74) is 1.17. The van der Waals surface area contributed by atoms with Gasteiger partial charge in [0, 0.05) is 12.1 Å². The van der Waals surface area contributed by atoms with Crippen LogP contribution < -0.4 is 4.90 Å². The second-order valence-corrected chi connectivity index (χ2v) is 5.90. The highest BCUT2D eigenvalue weighted by Crippen LogP contribution is 2.32. The van der Waals surface area contributed by atoms with E-state index in [4.69, 9.17) is 4.74 Å². The number of hydrogen-bond acceptors (Lipinski definition) is 4. The lowest BCUT2D eigenvalue weighted by molar-refractivity contribution is -0.153. The topological polar surface area (TPSA) is 66.8 Å². The molecule has 5 nitrogen and oxygen atoms in total. The van der Waals surface area contributed by atoms with Crippen LogP contribution in [0.5, 0.6) is 0 Å². The number of carbonyl (C=O) groups excluding carboxylic acids is 1. The van der Waals surface area contributed by atoms with Crippen LogP contribution in [0, 0.1) is 0 Å². The monoisotopic (exact) mass is 277 g/mol. The third-order valence-corrected chi connectivity index (χ3v) is 3.10. The highest BCUT2D eigenvalue weighted by atomic mass is 16.6. The maximum atomic E-state index is 11.9. The van der Waals surface area contributed by atoms with Crippen molar-refractivity contribution in [3.05, 3.63) is 29.8 Å². The molecular weight excluding hydrogens is 258 g/mol. The maximum absolute atomic E-state index is 11.9. The van der Waals surface area contributed by atoms with Gasteiger partial charge < -0.3 is 14.7 Å². The fourth-order valence-electron chi connectivity index (χ4n) is 2.38. The van der Waals surface area contributed by atoms with Crippen molar-refractivity contribution in [2.24, 2.45) is 0 Å². The number of benzene rings is 1. The number of aliphatic carboxylic acids is 1. The zero-order chi connectivity index (χ0) is 14.9. The van der Waals surface area contributed by atoms with Crippen molar-refractivity contribution >= 4 is 17.6 Å². The van der Waals surface area contributed by atoms with Crippen LogP contribution in [0.1, 0.15) is 26.3 Å². The average molecular weight is 277 g/mol. The molecule has 0 saturated heterocycles. The number of hydrogen-bond donors (Lipinski definition) is 1. The Hall–Kier alpha value is -2.04. The summed E-state index contributed by atoms with van der Waals surface area (Å²) < 4.78 is 5.27. The van der Waals surface area contributed by atoms with Gasteiger partial charge in [0.25, 0.3) is 0 Å². The van der Waals surface area contributed by atoms with Gasteiger partial charge in [-0.15, -0.1) is 0 Å². The number of ether oxygens (including phenoxy) is 1. The van der Waals surface area contributed by atoms with Crippen molar-refractivity contribution in [2.45, 2.75) is 38.8 Å². The minimum absolute atomic E-state index is 0.0503. The van der Waals surface area contributed by atoms with Gasteiger partial charge in [-0.25, -0.2) is 4.79 Å². The number of nitrogens with zero attached hydrogens (tertiary/aromatic N) is 1. The minimum Gasteiger partial charge on any atom is -0.480 e. The van der Waals surface area contributed by atoms with Gasteiger partial charge in [-0.3, -0.25) is 4.79 Å². The van der Waals surface area contributed by atoms with Crippen LogP contribution in [0.15, 0.2) is 24.3 Å². The number of carboxylic acids is 1. The van der Waals surface area contributed by atoms with E-state index in [9.17, 15) is 14.7 Å². The highest BCUT2D eigenvalue weighted by Gasteiger charge is 2.36. The molecule has 1 aliphatic rings. The summed E-state index contributed by atoms with van der Waals surface area (Å²) in [4.78, 5) is 24.9. The summed E-state index contributed by atoms with van der Waals surface area (Å²) >= 11 is 0. The number of carbonyl (C=O) groups is 2. The van der Waals surface area contributed by atoms with Crippen molar-refractivity contribution in [3.8, 4) is 0 Å². The van der Waals surface area contributed by atoms with Crippen LogP contribution in [0.4, 0.5) is 5.69 Å². The lowest BCUT2D eigenvalue weighted by Gasteiger charge is -2.26. The van der Waals surface area contributed by atoms with Crippen molar-refractivity contribution in [1.29, 1.82) is 0 Å². The molecule has 1 atom stereocenters. The van der Waals surface area contributed by atoms with Crippen molar-refractivity contribution < 1.29 is 19.4 Å². The molecule has 5 heteroatoms. The number of esters is 1. The molecule has 0 fully saturated rings. The Bertz CT molecular complexity index is 533. The molecule has 0 radical (unpaired) electrons. The standard InChI is InChI=1S/C15H19NO4/c1-15(2,3)20-13(17)9-16-11-7-5-4-6-10(11)8-12(16)14(18)19/h4-7,12H,8-9H2,1-3H3,(H,18,19). The Morgan fingerprint density at radius 3 is 2.60 bits per heavy atom. The van der Waals surface area contributed by atoms with E-state index in [0.717, 1.165) is 11.3 Å². The first-order valence-electron chi connectivity index (χ1n) is 6.57.